The van der Waals surface area contributed by atoms with Crippen molar-refractivity contribution in [3.63, 3.8) is 0 Å². The summed E-state index contributed by atoms with van der Waals surface area (Å²) in [7, 11) is 0. The Morgan fingerprint density at radius 3 is 2.60 bits per heavy atom. The minimum absolute atomic E-state index is 0.563. The summed E-state index contributed by atoms with van der Waals surface area (Å²) in [5.41, 5.74) is 1.13. The highest BCUT2D eigenvalue weighted by molar-refractivity contribution is 7.99. The van der Waals surface area contributed by atoms with Gasteiger partial charge in [0.1, 0.15) is 5.75 Å². The summed E-state index contributed by atoms with van der Waals surface area (Å²) in [5, 5.41) is 0. The van der Waals surface area contributed by atoms with Crippen molar-refractivity contribution in [2.75, 3.05) is 18.1 Å². The monoisotopic (exact) mass is 244 g/mol. The van der Waals surface area contributed by atoms with E-state index in [1.807, 2.05) is 36.0 Å². The topological polar surface area (TPSA) is 9.23 Å². The van der Waals surface area contributed by atoms with E-state index in [0.29, 0.717) is 5.88 Å². The molecule has 0 aliphatic carbocycles. The van der Waals surface area contributed by atoms with Crippen LogP contribution in [0.3, 0.4) is 0 Å². The molecule has 0 heterocycles. The molecule has 1 aromatic rings. The van der Waals surface area contributed by atoms with Gasteiger partial charge in [0.2, 0.25) is 0 Å². The minimum Gasteiger partial charge on any atom is -0.494 e. The molecule has 84 valence electrons. The first-order valence-corrected chi connectivity index (χ1v) is 6.91. The molecule has 0 aliphatic rings. The zero-order chi connectivity index (χ0) is 10.9. The predicted octanol–water partition coefficient (Wildman–Crippen LogP) is 3.95. The molecule has 0 unspecified atom stereocenters. The lowest BCUT2D eigenvalue weighted by Crippen LogP contribution is -1.98. The van der Waals surface area contributed by atoms with Gasteiger partial charge >= 0.3 is 0 Å². The van der Waals surface area contributed by atoms with Crippen molar-refractivity contribution < 1.29 is 4.74 Å². The van der Waals surface area contributed by atoms with E-state index < -0.39 is 0 Å². The molecule has 0 saturated carbocycles. The molecular formula is C12H17ClOS. The average molecular weight is 245 g/mol. The van der Waals surface area contributed by atoms with Crippen molar-refractivity contribution in [3.05, 3.63) is 29.8 Å². The molecule has 0 aromatic heterocycles. The van der Waals surface area contributed by atoms with Crippen LogP contribution < -0.4 is 4.74 Å². The Morgan fingerprint density at radius 1 is 1.27 bits per heavy atom. The second kappa shape index (κ2) is 7.89. The molecule has 0 saturated heterocycles. The highest BCUT2D eigenvalue weighted by atomic mass is 35.5. The average Bonchev–Trinajstić information content (AvgIpc) is 2.30. The lowest BCUT2D eigenvalue weighted by atomic mass is 10.2. The Balaban J connectivity index is 2.20. The summed E-state index contributed by atoms with van der Waals surface area (Å²) >= 11 is 7.65. The minimum atomic E-state index is 0.563. The summed E-state index contributed by atoms with van der Waals surface area (Å²) in [5.74, 6) is 3.86. The molecule has 3 heteroatoms. The standard InChI is InChI=1S/C12H17ClOS/c1-2-15-9-3-8-14-12-6-4-11(10-13)5-7-12/h4-7H,2-3,8-10H2,1H3. The summed E-state index contributed by atoms with van der Waals surface area (Å²) in [6, 6.07) is 7.96. The van der Waals surface area contributed by atoms with E-state index in [0.717, 1.165) is 24.3 Å². The fourth-order valence-corrected chi connectivity index (χ4v) is 1.96. The number of hydrogen-bond donors (Lipinski definition) is 0. The van der Waals surface area contributed by atoms with Crippen molar-refractivity contribution >= 4 is 23.4 Å². The van der Waals surface area contributed by atoms with E-state index in [9.17, 15) is 0 Å². The van der Waals surface area contributed by atoms with Crippen LogP contribution in [0.4, 0.5) is 0 Å². The quantitative estimate of drug-likeness (QED) is 0.531. The van der Waals surface area contributed by atoms with E-state index in [1.165, 1.54) is 11.5 Å². The third kappa shape index (κ3) is 5.33. The second-order valence-electron chi connectivity index (χ2n) is 3.18. The van der Waals surface area contributed by atoms with E-state index in [4.69, 9.17) is 16.3 Å². The molecule has 0 radical (unpaired) electrons. The van der Waals surface area contributed by atoms with Crippen LogP contribution in [0.15, 0.2) is 24.3 Å². The Kier molecular flexibility index (Phi) is 6.69. The van der Waals surface area contributed by atoms with Crippen molar-refractivity contribution in [1.29, 1.82) is 0 Å². The van der Waals surface area contributed by atoms with E-state index in [1.54, 1.807) is 0 Å². The van der Waals surface area contributed by atoms with Crippen LogP contribution in [0.25, 0.3) is 0 Å². The molecular weight excluding hydrogens is 228 g/mol. The maximum Gasteiger partial charge on any atom is 0.119 e. The van der Waals surface area contributed by atoms with Crippen molar-refractivity contribution in [2.24, 2.45) is 0 Å². The lowest BCUT2D eigenvalue weighted by molar-refractivity contribution is 0.318. The number of rotatable bonds is 7. The lowest BCUT2D eigenvalue weighted by Gasteiger charge is -2.06. The molecule has 0 N–H and O–H groups in total. The van der Waals surface area contributed by atoms with E-state index in [2.05, 4.69) is 6.92 Å². The number of alkyl halides is 1. The smallest absolute Gasteiger partial charge is 0.119 e. The molecule has 15 heavy (non-hydrogen) atoms. The van der Waals surface area contributed by atoms with Crippen LogP contribution in [-0.4, -0.2) is 18.1 Å². The maximum absolute atomic E-state index is 5.70. The summed E-state index contributed by atoms with van der Waals surface area (Å²) in [6.07, 6.45) is 1.11. The van der Waals surface area contributed by atoms with Gasteiger partial charge in [0.05, 0.1) is 6.61 Å². The molecule has 0 aliphatic heterocycles. The van der Waals surface area contributed by atoms with E-state index >= 15 is 0 Å². The van der Waals surface area contributed by atoms with Gasteiger partial charge in [-0.3, -0.25) is 0 Å². The number of hydrogen-bond acceptors (Lipinski definition) is 2. The fraction of sp³-hybridized carbons (Fsp3) is 0.500. The number of ether oxygens (including phenoxy) is 1. The molecule has 0 fully saturated rings. The largest absolute Gasteiger partial charge is 0.494 e. The van der Waals surface area contributed by atoms with Crippen LogP contribution in [0.5, 0.6) is 5.75 Å². The Bertz CT molecular complexity index is 261. The van der Waals surface area contributed by atoms with Gasteiger partial charge in [0.25, 0.3) is 0 Å². The van der Waals surface area contributed by atoms with Gasteiger partial charge in [-0.1, -0.05) is 19.1 Å². The zero-order valence-electron chi connectivity index (χ0n) is 9.04. The highest BCUT2D eigenvalue weighted by Gasteiger charge is 1.94. The SMILES string of the molecule is CCSCCCOc1ccc(CCl)cc1. The molecule has 1 rings (SSSR count). The molecule has 1 nitrogen and oxygen atoms in total. The van der Waals surface area contributed by atoms with Crippen molar-refractivity contribution in [2.45, 2.75) is 19.2 Å². The van der Waals surface area contributed by atoms with Crippen molar-refractivity contribution in [3.8, 4) is 5.75 Å². The maximum atomic E-state index is 5.70. The van der Waals surface area contributed by atoms with Crippen LogP contribution in [-0.2, 0) is 5.88 Å². The number of benzene rings is 1. The van der Waals surface area contributed by atoms with Crippen LogP contribution >= 0.6 is 23.4 Å². The van der Waals surface area contributed by atoms with Gasteiger partial charge in [-0.15, -0.1) is 11.6 Å². The Labute approximate surface area is 101 Å². The number of halogens is 1. The molecule has 0 spiro atoms. The van der Waals surface area contributed by atoms with Crippen molar-refractivity contribution in [1.82, 2.24) is 0 Å². The first kappa shape index (κ1) is 12.7. The molecule has 0 amide bonds. The zero-order valence-corrected chi connectivity index (χ0v) is 10.6. The first-order valence-electron chi connectivity index (χ1n) is 5.22. The third-order valence-corrected chi connectivity index (χ3v) is 3.28. The number of thioether (sulfide) groups is 1. The Morgan fingerprint density at radius 2 is 2.00 bits per heavy atom. The summed E-state index contributed by atoms with van der Waals surface area (Å²) in [6.45, 7) is 2.98. The van der Waals surface area contributed by atoms with Gasteiger partial charge in [-0.05, 0) is 35.6 Å². The normalized spacial score (nSPS) is 10.3. The highest BCUT2D eigenvalue weighted by Crippen LogP contribution is 2.14. The molecule has 0 bridgehead atoms. The molecule has 0 atom stereocenters. The van der Waals surface area contributed by atoms with Crippen LogP contribution in [0.1, 0.15) is 18.9 Å². The summed E-state index contributed by atoms with van der Waals surface area (Å²) < 4.78 is 5.60. The Hall–Kier alpha value is -0.340. The molecule has 1 aromatic carbocycles. The second-order valence-corrected chi connectivity index (χ2v) is 4.84. The van der Waals surface area contributed by atoms with Gasteiger partial charge in [-0.25, -0.2) is 0 Å². The van der Waals surface area contributed by atoms with Gasteiger partial charge in [-0.2, -0.15) is 11.8 Å². The third-order valence-electron chi connectivity index (χ3n) is 1.98. The van der Waals surface area contributed by atoms with Gasteiger partial charge in [0, 0.05) is 5.88 Å². The van der Waals surface area contributed by atoms with Crippen LogP contribution in [0.2, 0.25) is 0 Å². The van der Waals surface area contributed by atoms with Gasteiger partial charge in [0.15, 0.2) is 0 Å². The summed E-state index contributed by atoms with van der Waals surface area (Å²) in [4.78, 5) is 0. The fourth-order valence-electron chi connectivity index (χ4n) is 1.17. The van der Waals surface area contributed by atoms with Crippen LogP contribution in [0, 0.1) is 0 Å². The van der Waals surface area contributed by atoms with E-state index in [-0.39, 0.29) is 0 Å². The first-order chi connectivity index (χ1) is 7.36. The predicted molar refractivity (Wildman–Crippen MR) is 69.1 cm³/mol. The van der Waals surface area contributed by atoms with Gasteiger partial charge < -0.3 is 4.74 Å².